The van der Waals surface area contributed by atoms with Crippen molar-refractivity contribution in [1.82, 2.24) is 4.40 Å². The molecule has 2 atom stereocenters. The van der Waals surface area contributed by atoms with Crippen LogP contribution in [-0.2, 0) is 17.4 Å². The second kappa shape index (κ2) is 9.44. The Kier molecular flexibility index (Phi) is 6.08. The second-order valence-electron chi connectivity index (χ2n) is 12.8. The molecule has 0 saturated carbocycles. The molecular formula is C38H36F3N2+. The molecule has 6 aromatic rings. The Morgan fingerprint density at radius 1 is 0.767 bits per heavy atom. The predicted molar refractivity (Wildman–Crippen MR) is 168 cm³/mol. The molecule has 0 spiro atoms. The van der Waals surface area contributed by atoms with Gasteiger partial charge in [-0.15, -0.1) is 0 Å². The first-order valence-corrected chi connectivity index (χ1v) is 15.2. The zero-order valence-corrected chi connectivity index (χ0v) is 25.6. The van der Waals surface area contributed by atoms with E-state index < -0.39 is 17.5 Å². The van der Waals surface area contributed by atoms with Crippen molar-refractivity contribution < 1.29 is 17.7 Å². The van der Waals surface area contributed by atoms with Gasteiger partial charge in [0.1, 0.15) is 17.3 Å². The van der Waals surface area contributed by atoms with E-state index in [0.717, 1.165) is 52.5 Å². The van der Waals surface area contributed by atoms with Crippen LogP contribution < -0.4 is 4.57 Å². The summed E-state index contributed by atoms with van der Waals surface area (Å²) in [7, 11) is 0. The molecule has 3 heterocycles. The van der Waals surface area contributed by atoms with Crippen LogP contribution in [0.3, 0.4) is 0 Å². The Bertz CT molecular complexity index is 2080. The number of aromatic nitrogens is 2. The van der Waals surface area contributed by atoms with E-state index in [-0.39, 0.29) is 11.0 Å². The van der Waals surface area contributed by atoms with Gasteiger partial charge in [0.25, 0.3) is 5.65 Å². The molecule has 0 aliphatic carbocycles. The maximum absolute atomic E-state index is 14.1. The molecule has 2 aromatic heterocycles. The van der Waals surface area contributed by atoms with Gasteiger partial charge >= 0.3 is 0 Å². The van der Waals surface area contributed by atoms with Gasteiger partial charge in [-0.25, -0.2) is 17.7 Å². The van der Waals surface area contributed by atoms with E-state index >= 15 is 0 Å². The fraction of sp³-hybridized carbons (Fsp3) is 0.289. The van der Waals surface area contributed by atoms with E-state index in [9.17, 15) is 13.2 Å². The molecule has 0 bridgehead atoms. The lowest BCUT2D eigenvalue weighted by molar-refractivity contribution is -0.750. The lowest BCUT2D eigenvalue weighted by Gasteiger charge is -2.46. The van der Waals surface area contributed by atoms with Crippen LogP contribution in [-0.4, -0.2) is 4.40 Å². The van der Waals surface area contributed by atoms with Crippen LogP contribution in [0, 0.1) is 31.3 Å². The summed E-state index contributed by atoms with van der Waals surface area (Å²) in [4.78, 5) is 0. The van der Waals surface area contributed by atoms with Crippen molar-refractivity contribution in [3.05, 3.63) is 118 Å². The van der Waals surface area contributed by atoms with Gasteiger partial charge in [-0.3, -0.25) is 0 Å². The van der Waals surface area contributed by atoms with Gasteiger partial charge < -0.3 is 0 Å². The van der Waals surface area contributed by atoms with Crippen molar-refractivity contribution >= 4 is 27.3 Å². The predicted octanol–water partition coefficient (Wildman–Crippen LogP) is 9.63. The zero-order chi connectivity index (χ0) is 30.4. The number of halogens is 3. The number of aryl methyl sites for hydroxylation is 2. The lowest BCUT2D eigenvalue weighted by Crippen LogP contribution is -2.65. The first-order chi connectivity index (χ1) is 20.5. The average Bonchev–Trinajstić information content (AvgIpc) is 3.39. The lowest BCUT2D eigenvalue weighted by atomic mass is 9.62. The summed E-state index contributed by atoms with van der Waals surface area (Å²) in [6, 6.07) is 21.6. The quantitative estimate of drug-likeness (QED) is 0.110. The Labute approximate surface area is 250 Å². The van der Waals surface area contributed by atoms with Crippen molar-refractivity contribution in [3.8, 4) is 11.3 Å². The molecule has 4 aromatic carbocycles. The molecule has 43 heavy (non-hydrogen) atoms. The highest BCUT2D eigenvalue weighted by Crippen LogP contribution is 2.51. The fourth-order valence-electron chi connectivity index (χ4n) is 7.93. The van der Waals surface area contributed by atoms with Crippen LogP contribution in [0.4, 0.5) is 13.2 Å². The summed E-state index contributed by atoms with van der Waals surface area (Å²) in [6.07, 6.45) is 4.62. The summed E-state index contributed by atoms with van der Waals surface area (Å²) in [6.45, 7) is 13.7. The van der Waals surface area contributed by atoms with Crippen LogP contribution >= 0.6 is 0 Å². The van der Waals surface area contributed by atoms with Crippen molar-refractivity contribution in [2.75, 3.05) is 0 Å². The Morgan fingerprint density at radius 3 is 2.09 bits per heavy atom. The third-order valence-electron chi connectivity index (χ3n) is 10.7. The van der Waals surface area contributed by atoms with Gasteiger partial charge in [0.2, 0.25) is 0 Å². The monoisotopic (exact) mass is 577 g/mol. The number of rotatable bonds is 5. The van der Waals surface area contributed by atoms with E-state index in [4.69, 9.17) is 0 Å². The summed E-state index contributed by atoms with van der Waals surface area (Å²) >= 11 is 0. The van der Waals surface area contributed by atoms with Crippen molar-refractivity contribution in [3.63, 3.8) is 0 Å². The maximum Gasteiger partial charge on any atom is 0.296 e. The number of fused-ring (bicyclic) bond motifs is 3. The first kappa shape index (κ1) is 27.7. The fourth-order valence-corrected chi connectivity index (χ4v) is 7.93. The Balaban J connectivity index is 1.63. The molecule has 2 unspecified atom stereocenters. The number of benzene rings is 4. The van der Waals surface area contributed by atoms with Gasteiger partial charge in [0.15, 0.2) is 23.1 Å². The molecule has 0 amide bonds. The summed E-state index contributed by atoms with van der Waals surface area (Å²) in [5.41, 5.74) is 9.49. The van der Waals surface area contributed by atoms with E-state index in [1.54, 1.807) is 0 Å². The van der Waals surface area contributed by atoms with Crippen LogP contribution in [0.15, 0.2) is 72.9 Å². The van der Waals surface area contributed by atoms with Crippen molar-refractivity contribution in [2.24, 2.45) is 0 Å². The largest absolute Gasteiger partial charge is 0.296 e. The number of hydrogen-bond donors (Lipinski definition) is 0. The molecule has 218 valence electrons. The number of imidazole rings is 1. The van der Waals surface area contributed by atoms with Gasteiger partial charge in [-0.05, 0) is 92.1 Å². The van der Waals surface area contributed by atoms with Gasteiger partial charge in [0, 0.05) is 21.8 Å². The number of nitrogens with zero attached hydrogens (tertiary/aromatic N) is 2. The maximum atomic E-state index is 14.1. The molecular weight excluding hydrogens is 541 g/mol. The number of pyridine rings is 1. The van der Waals surface area contributed by atoms with Crippen molar-refractivity contribution in [2.45, 2.75) is 71.8 Å². The third kappa shape index (κ3) is 3.63. The van der Waals surface area contributed by atoms with Crippen LogP contribution in [0.2, 0.25) is 0 Å². The highest BCUT2D eigenvalue weighted by Gasteiger charge is 2.54. The molecule has 0 fully saturated rings. The SMILES string of the molecule is CCC1(C)c2cccc3c4cc(Cc5cc(F)c(F)c(F)c5)ccc4n4c(-c5c(C)cccc5C)c[n+](c4c23)C1(C)CC. The standard InChI is InChI=1S/C38H36F3N2/c1-7-37(5)28-14-10-13-26-27-18-24(17-25-19-29(39)35(41)30(40)20-25)15-16-31(27)43-32(33-22(3)11-9-12-23(33)4)21-42(36(43)34(26)28)38(37,6)8-2/h9-16,18-21H,7-8,17H2,1-6H3/q+1. The third-order valence-corrected chi connectivity index (χ3v) is 10.7. The first-order valence-electron chi connectivity index (χ1n) is 15.2. The average molecular weight is 578 g/mol. The molecule has 0 radical (unpaired) electrons. The van der Waals surface area contributed by atoms with E-state index in [0.29, 0.717) is 12.0 Å². The van der Waals surface area contributed by atoms with Gasteiger partial charge in [-0.2, -0.15) is 4.40 Å². The highest BCUT2D eigenvalue weighted by atomic mass is 19.2. The van der Waals surface area contributed by atoms with Crippen molar-refractivity contribution in [1.29, 1.82) is 0 Å². The summed E-state index contributed by atoms with van der Waals surface area (Å²) < 4.78 is 46.8. The minimum atomic E-state index is -1.43. The van der Waals surface area contributed by atoms with Crippen LogP contribution in [0.25, 0.3) is 38.6 Å². The van der Waals surface area contributed by atoms with E-state index in [1.165, 1.54) is 33.3 Å². The van der Waals surface area contributed by atoms with Gasteiger partial charge in [-0.1, -0.05) is 63.2 Å². The normalized spacial score (nSPS) is 19.7. The molecule has 1 aliphatic heterocycles. The van der Waals surface area contributed by atoms with Crippen LogP contribution in [0.1, 0.15) is 68.4 Å². The molecule has 1 aliphatic rings. The zero-order valence-electron chi connectivity index (χ0n) is 25.6. The molecule has 5 heteroatoms. The minimum absolute atomic E-state index is 0.118. The molecule has 0 N–H and O–H groups in total. The van der Waals surface area contributed by atoms with Gasteiger partial charge in [0.05, 0.1) is 5.39 Å². The van der Waals surface area contributed by atoms with E-state index in [1.807, 2.05) is 6.07 Å². The Morgan fingerprint density at radius 2 is 1.44 bits per heavy atom. The molecule has 0 saturated heterocycles. The Hall–Kier alpha value is -4.12. The summed E-state index contributed by atoms with van der Waals surface area (Å²) in [5.74, 6) is -3.76. The van der Waals surface area contributed by atoms with Crippen LogP contribution in [0.5, 0.6) is 0 Å². The molecule has 2 nitrogen and oxygen atoms in total. The summed E-state index contributed by atoms with van der Waals surface area (Å²) in [5, 5.41) is 3.49. The smallest absolute Gasteiger partial charge is 0.223 e. The second-order valence-corrected chi connectivity index (χ2v) is 12.8. The molecule has 7 rings (SSSR count). The van der Waals surface area contributed by atoms with E-state index in [2.05, 4.69) is 105 Å². The highest BCUT2D eigenvalue weighted by molar-refractivity contribution is 6.13. The minimum Gasteiger partial charge on any atom is -0.223 e. The number of hydrogen-bond acceptors (Lipinski definition) is 0. The topological polar surface area (TPSA) is 8.29 Å².